The number of hydrogen-bond acceptors (Lipinski definition) is 3. The summed E-state index contributed by atoms with van der Waals surface area (Å²) in [6, 6.07) is 10.2. The van der Waals surface area contributed by atoms with Crippen molar-refractivity contribution in [2.45, 2.75) is 18.8 Å². The highest BCUT2D eigenvalue weighted by Crippen LogP contribution is 2.29. The van der Waals surface area contributed by atoms with Crippen LogP contribution in [0, 0.1) is 0 Å². The topological polar surface area (TPSA) is 46.1 Å². The van der Waals surface area contributed by atoms with E-state index in [0.29, 0.717) is 11.5 Å². The van der Waals surface area contributed by atoms with Crippen LogP contribution in [0.1, 0.15) is 34.7 Å². The number of carbonyl (C=O) groups excluding carboxylic acids is 1. The monoisotopic (exact) mass is 345 g/mol. The molecule has 4 nitrogen and oxygen atoms in total. The zero-order valence-corrected chi connectivity index (χ0v) is 13.2. The Bertz CT molecular complexity index is 607. The molecule has 108 valence electrons. The van der Waals surface area contributed by atoms with Gasteiger partial charge in [0.15, 0.2) is 0 Å². The van der Waals surface area contributed by atoms with Gasteiger partial charge in [0.1, 0.15) is 0 Å². The van der Waals surface area contributed by atoms with E-state index in [1.165, 1.54) is 11.8 Å². The van der Waals surface area contributed by atoms with Crippen molar-refractivity contribution in [3.05, 3.63) is 58.3 Å². The lowest BCUT2D eigenvalue weighted by molar-refractivity contribution is 0.0712. The van der Waals surface area contributed by atoms with Crippen molar-refractivity contribution in [3.8, 4) is 0 Å². The minimum absolute atomic E-state index is 0.0548. The minimum Gasteiger partial charge on any atom is -0.339 e. The van der Waals surface area contributed by atoms with Gasteiger partial charge in [0.05, 0.1) is 18.0 Å². The Morgan fingerprint density at radius 2 is 1.81 bits per heavy atom. The maximum atomic E-state index is 12.3. The number of aromatic nitrogens is 2. The van der Waals surface area contributed by atoms with Crippen molar-refractivity contribution in [1.82, 2.24) is 15.1 Å². The van der Waals surface area contributed by atoms with Crippen LogP contribution in [0.5, 0.6) is 0 Å². The van der Waals surface area contributed by atoms with Crippen LogP contribution in [-0.2, 0) is 0 Å². The molecule has 0 saturated carbocycles. The van der Waals surface area contributed by atoms with E-state index in [1.54, 1.807) is 12.3 Å². The molecule has 0 aliphatic carbocycles. The van der Waals surface area contributed by atoms with Gasteiger partial charge in [-0.2, -0.15) is 10.2 Å². The third-order valence-electron chi connectivity index (χ3n) is 3.95. The molecule has 21 heavy (non-hydrogen) atoms. The standard InChI is InChI=1S/C16H16BrN3O/c17-15-3-1-12(2-4-15)13-6-9-20(10-7-13)16(21)14-5-8-18-19-11-14/h1-5,8,11,13H,6-7,9-10H2. The van der Waals surface area contributed by atoms with Gasteiger partial charge in [-0.3, -0.25) is 4.79 Å². The zero-order valence-electron chi connectivity index (χ0n) is 11.6. The van der Waals surface area contributed by atoms with Gasteiger partial charge in [0.25, 0.3) is 5.91 Å². The van der Waals surface area contributed by atoms with Gasteiger partial charge in [-0.1, -0.05) is 28.1 Å². The van der Waals surface area contributed by atoms with Crippen LogP contribution < -0.4 is 0 Å². The first kappa shape index (κ1) is 14.2. The van der Waals surface area contributed by atoms with Crippen LogP contribution in [-0.4, -0.2) is 34.1 Å². The van der Waals surface area contributed by atoms with Crippen LogP contribution in [0.3, 0.4) is 0 Å². The van der Waals surface area contributed by atoms with Gasteiger partial charge in [0.2, 0.25) is 0 Å². The van der Waals surface area contributed by atoms with E-state index in [4.69, 9.17) is 0 Å². The average Bonchev–Trinajstić information content (AvgIpc) is 2.56. The average molecular weight is 346 g/mol. The fraction of sp³-hybridized carbons (Fsp3) is 0.312. The molecule has 5 heteroatoms. The first-order valence-electron chi connectivity index (χ1n) is 7.05. The molecule has 0 bridgehead atoms. The molecular formula is C16H16BrN3O. The Balaban J connectivity index is 1.63. The predicted molar refractivity (Wildman–Crippen MR) is 84.1 cm³/mol. The largest absolute Gasteiger partial charge is 0.339 e. The van der Waals surface area contributed by atoms with Gasteiger partial charge >= 0.3 is 0 Å². The van der Waals surface area contributed by atoms with Crippen molar-refractivity contribution in [2.24, 2.45) is 0 Å². The second-order valence-corrected chi connectivity index (χ2v) is 6.16. The number of benzene rings is 1. The van der Waals surface area contributed by atoms with Crippen LogP contribution in [0.25, 0.3) is 0 Å². The summed E-state index contributed by atoms with van der Waals surface area (Å²) in [4.78, 5) is 14.2. The quantitative estimate of drug-likeness (QED) is 0.839. The second kappa shape index (κ2) is 6.35. The van der Waals surface area contributed by atoms with Gasteiger partial charge in [0, 0.05) is 17.6 Å². The Morgan fingerprint density at radius 3 is 2.43 bits per heavy atom. The molecule has 1 aromatic heterocycles. The normalized spacial score (nSPS) is 16.0. The van der Waals surface area contributed by atoms with E-state index in [0.717, 1.165) is 30.4 Å². The summed E-state index contributed by atoms with van der Waals surface area (Å²) in [5, 5.41) is 7.48. The third-order valence-corrected chi connectivity index (χ3v) is 4.48. The highest BCUT2D eigenvalue weighted by atomic mass is 79.9. The summed E-state index contributed by atoms with van der Waals surface area (Å²) >= 11 is 3.46. The van der Waals surface area contributed by atoms with Gasteiger partial charge in [-0.25, -0.2) is 0 Å². The molecule has 1 saturated heterocycles. The van der Waals surface area contributed by atoms with E-state index in [9.17, 15) is 4.79 Å². The lowest BCUT2D eigenvalue weighted by Crippen LogP contribution is -2.38. The van der Waals surface area contributed by atoms with E-state index >= 15 is 0 Å². The molecule has 1 aromatic carbocycles. The number of halogens is 1. The Labute approximate surface area is 132 Å². The highest BCUT2D eigenvalue weighted by molar-refractivity contribution is 9.10. The lowest BCUT2D eigenvalue weighted by atomic mass is 9.89. The van der Waals surface area contributed by atoms with Gasteiger partial charge in [-0.15, -0.1) is 0 Å². The van der Waals surface area contributed by atoms with Crippen LogP contribution in [0.4, 0.5) is 0 Å². The molecule has 2 heterocycles. The molecule has 1 aliphatic rings. The van der Waals surface area contributed by atoms with E-state index in [-0.39, 0.29) is 5.91 Å². The maximum absolute atomic E-state index is 12.3. The van der Waals surface area contributed by atoms with E-state index < -0.39 is 0 Å². The summed E-state index contributed by atoms with van der Waals surface area (Å²) in [7, 11) is 0. The number of nitrogens with zero attached hydrogens (tertiary/aromatic N) is 3. The van der Waals surface area contributed by atoms with Gasteiger partial charge in [-0.05, 0) is 42.5 Å². The van der Waals surface area contributed by atoms with Crippen molar-refractivity contribution in [2.75, 3.05) is 13.1 Å². The third kappa shape index (κ3) is 3.29. The molecule has 0 radical (unpaired) electrons. The summed E-state index contributed by atoms with van der Waals surface area (Å²) in [6.07, 6.45) is 5.10. The smallest absolute Gasteiger partial charge is 0.255 e. The van der Waals surface area contributed by atoms with Crippen molar-refractivity contribution in [1.29, 1.82) is 0 Å². The molecule has 1 fully saturated rings. The van der Waals surface area contributed by atoms with Crippen molar-refractivity contribution < 1.29 is 4.79 Å². The molecule has 2 aromatic rings. The maximum Gasteiger partial charge on any atom is 0.255 e. The Hall–Kier alpha value is -1.75. The molecule has 1 amide bonds. The van der Waals surface area contributed by atoms with Crippen LogP contribution in [0.2, 0.25) is 0 Å². The van der Waals surface area contributed by atoms with Crippen LogP contribution in [0.15, 0.2) is 47.2 Å². The molecule has 0 N–H and O–H groups in total. The Kier molecular flexibility index (Phi) is 4.29. The number of likely N-dealkylation sites (tertiary alicyclic amines) is 1. The molecule has 0 atom stereocenters. The summed E-state index contributed by atoms with van der Waals surface area (Å²) < 4.78 is 1.10. The number of carbonyl (C=O) groups is 1. The van der Waals surface area contributed by atoms with Crippen molar-refractivity contribution >= 4 is 21.8 Å². The summed E-state index contributed by atoms with van der Waals surface area (Å²) in [5.41, 5.74) is 1.97. The first-order valence-corrected chi connectivity index (χ1v) is 7.85. The summed E-state index contributed by atoms with van der Waals surface area (Å²) in [5.74, 6) is 0.594. The van der Waals surface area contributed by atoms with Crippen LogP contribution >= 0.6 is 15.9 Å². The molecular weight excluding hydrogens is 330 g/mol. The molecule has 1 aliphatic heterocycles. The minimum atomic E-state index is 0.0548. The van der Waals surface area contributed by atoms with E-state index in [1.807, 2.05) is 4.90 Å². The lowest BCUT2D eigenvalue weighted by Gasteiger charge is -2.32. The Morgan fingerprint density at radius 1 is 1.10 bits per heavy atom. The van der Waals surface area contributed by atoms with Crippen molar-refractivity contribution in [3.63, 3.8) is 0 Å². The molecule has 0 spiro atoms. The molecule has 0 unspecified atom stereocenters. The number of piperidine rings is 1. The fourth-order valence-electron chi connectivity index (χ4n) is 2.75. The van der Waals surface area contributed by atoms with E-state index in [2.05, 4.69) is 50.4 Å². The first-order chi connectivity index (χ1) is 10.2. The molecule has 3 rings (SSSR count). The van der Waals surface area contributed by atoms with Gasteiger partial charge < -0.3 is 4.90 Å². The SMILES string of the molecule is O=C(c1ccnnc1)N1CCC(c2ccc(Br)cc2)CC1. The second-order valence-electron chi connectivity index (χ2n) is 5.25. The number of hydrogen-bond donors (Lipinski definition) is 0. The predicted octanol–water partition coefficient (Wildman–Crippen LogP) is 3.26. The zero-order chi connectivity index (χ0) is 14.7. The summed E-state index contributed by atoms with van der Waals surface area (Å²) in [6.45, 7) is 1.59. The number of rotatable bonds is 2. The number of amides is 1. The fourth-order valence-corrected chi connectivity index (χ4v) is 3.01. The highest BCUT2D eigenvalue weighted by Gasteiger charge is 2.24.